The summed E-state index contributed by atoms with van der Waals surface area (Å²) in [4.78, 5) is 0. The molecule has 1 aromatic rings. The summed E-state index contributed by atoms with van der Waals surface area (Å²) in [5, 5.41) is 7.72. The van der Waals surface area contributed by atoms with Gasteiger partial charge in [-0.25, -0.2) is 0 Å². The van der Waals surface area contributed by atoms with E-state index in [-0.39, 0.29) is 0 Å². The van der Waals surface area contributed by atoms with Crippen LogP contribution in [0.3, 0.4) is 0 Å². The predicted molar refractivity (Wildman–Crippen MR) is 59.5 cm³/mol. The van der Waals surface area contributed by atoms with Gasteiger partial charge in [0, 0.05) is 18.8 Å². The molecule has 0 aromatic carbocycles. The van der Waals surface area contributed by atoms with Crippen LogP contribution in [-0.4, -0.2) is 22.4 Å². The molecule has 0 amide bonds. The lowest BCUT2D eigenvalue weighted by Gasteiger charge is -2.19. The van der Waals surface area contributed by atoms with Crippen molar-refractivity contribution in [1.29, 1.82) is 0 Å². The van der Waals surface area contributed by atoms with E-state index < -0.39 is 0 Å². The maximum Gasteiger partial charge on any atom is 0.0525 e. The van der Waals surface area contributed by atoms with E-state index in [0.717, 1.165) is 13.1 Å². The summed E-state index contributed by atoms with van der Waals surface area (Å²) in [6, 6.07) is 0.509. The van der Waals surface area contributed by atoms with E-state index in [1.165, 1.54) is 5.56 Å². The molecule has 0 saturated heterocycles. The molecule has 0 fully saturated rings. The van der Waals surface area contributed by atoms with E-state index in [9.17, 15) is 0 Å². The van der Waals surface area contributed by atoms with Crippen LogP contribution in [0.1, 0.15) is 39.2 Å². The summed E-state index contributed by atoms with van der Waals surface area (Å²) in [7, 11) is 0. The Labute approximate surface area is 86.5 Å². The fourth-order valence-electron chi connectivity index (χ4n) is 1.58. The van der Waals surface area contributed by atoms with E-state index in [4.69, 9.17) is 0 Å². The van der Waals surface area contributed by atoms with Gasteiger partial charge in [-0.05, 0) is 31.9 Å². The van der Waals surface area contributed by atoms with Gasteiger partial charge in [-0.1, -0.05) is 13.8 Å². The van der Waals surface area contributed by atoms with Gasteiger partial charge in [-0.2, -0.15) is 5.10 Å². The van der Waals surface area contributed by atoms with Crippen molar-refractivity contribution in [2.45, 2.75) is 46.2 Å². The van der Waals surface area contributed by atoms with Crippen LogP contribution in [0.5, 0.6) is 0 Å². The van der Waals surface area contributed by atoms with E-state index in [1.54, 1.807) is 0 Å². The summed E-state index contributed by atoms with van der Waals surface area (Å²) in [6.45, 7) is 10.7. The molecule has 2 unspecified atom stereocenters. The van der Waals surface area contributed by atoms with Crippen molar-refractivity contribution in [3.63, 3.8) is 0 Å². The van der Waals surface area contributed by atoms with Crippen LogP contribution < -0.4 is 5.32 Å². The number of nitrogens with zero attached hydrogens (tertiary/aromatic N) is 2. The third-order valence-corrected chi connectivity index (χ3v) is 2.78. The molecule has 3 heteroatoms. The first-order valence-corrected chi connectivity index (χ1v) is 5.44. The average Bonchev–Trinajstić information content (AvgIpc) is 2.65. The summed E-state index contributed by atoms with van der Waals surface area (Å²) in [6.07, 6.45) is 4.11. The van der Waals surface area contributed by atoms with Crippen molar-refractivity contribution in [3.05, 3.63) is 18.0 Å². The van der Waals surface area contributed by atoms with Crippen molar-refractivity contribution < 1.29 is 0 Å². The minimum atomic E-state index is 0.509. The Bertz CT molecular complexity index is 267. The lowest BCUT2D eigenvalue weighted by molar-refractivity contribution is 0.494. The van der Waals surface area contributed by atoms with Gasteiger partial charge in [0.15, 0.2) is 0 Å². The monoisotopic (exact) mass is 195 g/mol. The summed E-state index contributed by atoms with van der Waals surface area (Å²) in [5.74, 6) is 0.523. The zero-order valence-corrected chi connectivity index (χ0v) is 9.62. The Morgan fingerprint density at radius 2 is 2.14 bits per heavy atom. The highest BCUT2D eigenvalue weighted by molar-refractivity contribution is 5.12. The van der Waals surface area contributed by atoms with Crippen molar-refractivity contribution in [3.8, 4) is 0 Å². The summed E-state index contributed by atoms with van der Waals surface area (Å²) < 4.78 is 1.98. The quantitative estimate of drug-likeness (QED) is 0.779. The molecule has 0 aliphatic rings. The van der Waals surface area contributed by atoms with Gasteiger partial charge < -0.3 is 5.32 Å². The SMILES string of the molecule is CCNC(C)C(C)c1cnn(CC)c1. The molecule has 0 saturated carbocycles. The first-order chi connectivity index (χ1) is 6.69. The van der Waals surface area contributed by atoms with Gasteiger partial charge in [0.25, 0.3) is 0 Å². The topological polar surface area (TPSA) is 29.9 Å². The van der Waals surface area contributed by atoms with Crippen LogP contribution in [0, 0.1) is 0 Å². The maximum absolute atomic E-state index is 4.29. The molecule has 3 nitrogen and oxygen atoms in total. The molecule has 1 N–H and O–H groups in total. The highest BCUT2D eigenvalue weighted by Crippen LogP contribution is 2.17. The zero-order chi connectivity index (χ0) is 10.6. The number of aryl methyl sites for hydroxylation is 1. The Morgan fingerprint density at radius 1 is 1.43 bits per heavy atom. The molecule has 1 rings (SSSR count). The van der Waals surface area contributed by atoms with Crippen LogP contribution in [0.4, 0.5) is 0 Å². The van der Waals surface area contributed by atoms with Crippen LogP contribution in [0.25, 0.3) is 0 Å². The first kappa shape index (κ1) is 11.2. The Hall–Kier alpha value is -0.830. The molecule has 1 heterocycles. The standard InChI is InChI=1S/C11H21N3/c1-5-12-10(4)9(3)11-7-13-14(6-2)8-11/h7-10,12H,5-6H2,1-4H3. The average molecular weight is 195 g/mol. The minimum Gasteiger partial charge on any atom is -0.314 e. The number of nitrogens with one attached hydrogen (secondary N) is 1. The Balaban J connectivity index is 2.63. The van der Waals surface area contributed by atoms with E-state index in [2.05, 4.69) is 44.3 Å². The van der Waals surface area contributed by atoms with Crippen molar-refractivity contribution in [1.82, 2.24) is 15.1 Å². The highest BCUT2D eigenvalue weighted by atomic mass is 15.3. The first-order valence-electron chi connectivity index (χ1n) is 5.44. The van der Waals surface area contributed by atoms with Crippen LogP contribution >= 0.6 is 0 Å². The molecule has 0 bridgehead atoms. The normalized spacial score (nSPS) is 15.4. The van der Waals surface area contributed by atoms with E-state index in [0.29, 0.717) is 12.0 Å². The third-order valence-electron chi connectivity index (χ3n) is 2.78. The lowest BCUT2D eigenvalue weighted by atomic mass is 9.97. The number of aromatic nitrogens is 2. The fourth-order valence-corrected chi connectivity index (χ4v) is 1.58. The lowest BCUT2D eigenvalue weighted by Crippen LogP contribution is -2.30. The molecule has 0 aliphatic heterocycles. The minimum absolute atomic E-state index is 0.509. The highest BCUT2D eigenvalue weighted by Gasteiger charge is 2.14. The van der Waals surface area contributed by atoms with E-state index >= 15 is 0 Å². The van der Waals surface area contributed by atoms with Crippen LogP contribution in [0.2, 0.25) is 0 Å². The van der Waals surface area contributed by atoms with Gasteiger partial charge in [0.05, 0.1) is 6.20 Å². The van der Waals surface area contributed by atoms with E-state index in [1.807, 2.05) is 10.9 Å². The smallest absolute Gasteiger partial charge is 0.0525 e. The molecule has 0 radical (unpaired) electrons. The predicted octanol–water partition coefficient (Wildman–Crippen LogP) is 2.00. The second kappa shape index (κ2) is 5.15. The van der Waals surface area contributed by atoms with Crippen molar-refractivity contribution in [2.75, 3.05) is 6.54 Å². The molecular formula is C11H21N3. The number of hydrogen-bond acceptors (Lipinski definition) is 2. The second-order valence-corrected chi connectivity index (χ2v) is 3.76. The van der Waals surface area contributed by atoms with Gasteiger partial charge in [-0.15, -0.1) is 0 Å². The van der Waals surface area contributed by atoms with Gasteiger partial charge >= 0.3 is 0 Å². The molecule has 80 valence electrons. The molecule has 0 aliphatic carbocycles. The molecule has 2 atom stereocenters. The number of hydrogen-bond donors (Lipinski definition) is 1. The summed E-state index contributed by atoms with van der Waals surface area (Å²) in [5.41, 5.74) is 1.32. The van der Waals surface area contributed by atoms with Gasteiger partial charge in [-0.3, -0.25) is 4.68 Å². The van der Waals surface area contributed by atoms with Crippen LogP contribution in [-0.2, 0) is 6.54 Å². The fraction of sp³-hybridized carbons (Fsp3) is 0.727. The third kappa shape index (κ3) is 2.58. The van der Waals surface area contributed by atoms with Crippen molar-refractivity contribution >= 4 is 0 Å². The molecular weight excluding hydrogens is 174 g/mol. The number of rotatable bonds is 5. The Morgan fingerprint density at radius 3 is 2.64 bits per heavy atom. The molecule has 1 aromatic heterocycles. The second-order valence-electron chi connectivity index (χ2n) is 3.76. The van der Waals surface area contributed by atoms with Crippen LogP contribution in [0.15, 0.2) is 12.4 Å². The zero-order valence-electron chi connectivity index (χ0n) is 9.62. The van der Waals surface area contributed by atoms with Crippen molar-refractivity contribution in [2.24, 2.45) is 0 Å². The maximum atomic E-state index is 4.29. The molecule has 0 spiro atoms. The largest absolute Gasteiger partial charge is 0.314 e. The van der Waals surface area contributed by atoms with Gasteiger partial charge in [0.1, 0.15) is 0 Å². The summed E-state index contributed by atoms with van der Waals surface area (Å²) >= 11 is 0. The molecule has 14 heavy (non-hydrogen) atoms. The Kier molecular flexibility index (Phi) is 4.14. The van der Waals surface area contributed by atoms with Gasteiger partial charge in [0.2, 0.25) is 0 Å². The number of likely N-dealkylation sites (N-methyl/N-ethyl adjacent to an activating group) is 1.